The molecule has 1 saturated carbocycles. The maximum Gasteiger partial charge on any atom is 0.269 e. The minimum Gasteiger partial charge on any atom is -1.00 e. The van der Waals surface area contributed by atoms with Gasteiger partial charge < -0.3 is 44.9 Å². The Hall–Kier alpha value is 0.430. The Balaban J connectivity index is 0.00000385. The van der Waals surface area contributed by atoms with E-state index in [4.69, 9.17) is 23.5 Å². The lowest BCUT2D eigenvalue weighted by Crippen LogP contribution is -3.00. The summed E-state index contributed by atoms with van der Waals surface area (Å²) in [4.78, 5) is 0. The molecular formula is C23H46BrN2O6P. The highest BCUT2D eigenvalue weighted by Crippen LogP contribution is 2.57. The average molecular weight is 558 g/mol. The van der Waals surface area contributed by atoms with Gasteiger partial charge >= 0.3 is 0 Å². The van der Waals surface area contributed by atoms with Crippen LogP contribution < -0.4 is 17.0 Å². The molecule has 3 aliphatic rings. The first-order chi connectivity index (χ1) is 14.5. The van der Waals surface area contributed by atoms with Gasteiger partial charge in [-0.15, -0.1) is 0 Å². The van der Waals surface area contributed by atoms with E-state index in [9.17, 15) is 4.57 Å². The van der Waals surface area contributed by atoms with Crippen molar-refractivity contribution in [2.45, 2.75) is 64.6 Å². The molecule has 0 aromatic heterocycles. The fourth-order valence-electron chi connectivity index (χ4n) is 4.91. The second-order valence-electron chi connectivity index (χ2n) is 12.2. The lowest BCUT2D eigenvalue weighted by molar-refractivity contribution is -0.869. The van der Waals surface area contributed by atoms with Crippen molar-refractivity contribution in [1.29, 1.82) is 0 Å². The number of hydrogen-bond donors (Lipinski definition) is 0. The minimum absolute atomic E-state index is 0. The predicted octanol–water partition coefficient (Wildman–Crippen LogP) is 0.559. The fourth-order valence-corrected chi connectivity index (χ4v) is 6.06. The van der Waals surface area contributed by atoms with Gasteiger partial charge in [0.1, 0.15) is 0 Å². The summed E-state index contributed by atoms with van der Waals surface area (Å²) in [6.45, 7) is 13.1. The van der Waals surface area contributed by atoms with Gasteiger partial charge in [0.25, 0.3) is 7.52 Å². The highest BCUT2D eigenvalue weighted by Gasteiger charge is 2.61. The molecule has 1 spiro atoms. The summed E-state index contributed by atoms with van der Waals surface area (Å²) >= 11 is 0. The van der Waals surface area contributed by atoms with Gasteiger partial charge in [-0.05, 0) is 47.6 Å². The van der Waals surface area contributed by atoms with Crippen molar-refractivity contribution in [3.8, 4) is 0 Å². The van der Waals surface area contributed by atoms with Gasteiger partial charge in [-0.2, -0.15) is 0 Å². The topological polar surface area (TPSA) is 66.5 Å². The van der Waals surface area contributed by atoms with Gasteiger partial charge in [0.15, 0.2) is 11.6 Å². The first-order valence-corrected chi connectivity index (χ1v) is 13.9. The van der Waals surface area contributed by atoms with Crippen LogP contribution in [0, 0.1) is 10.8 Å². The SMILES string of the molecule is CN(CC[N+](C)(C)C)P(C)(=O)OCC12CCCC3(COC(C)(C)OC3)C1OC(C)(C)OC2.[Br-]. The molecule has 3 unspecified atom stereocenters. The number of likely N-dealkylation sites (N-methyl/N-ethyl adjacent to an activating group) is 2. The first kappa shape index (κ1) is 29.7. The Kier molecular flexibility index (Phi) is 9.04. The standard InChI is InChI=1S/C23H46N2O6P.BrH/c1-20(2)27-15-22(16-28-20)11-10-12-23(17-29-21(3,4)31-19(22)23)18-30-32(9,26)24(5)13-14-25(6,7)8;/h19H,10-18H2,1-9H3;1H/q+1;/p-1. The molecule has 8 nitrogen and oxygen atoms in total. The quantitative estimate of drug-likeness (QED) is 0.335. The molecule has 2 saturated heterocycles. The van der Waals surface area contributed by atoms with E-state index in [0.29, 0.717) is 33.0 Å². The summed E-state index contributed by atoms with van der Waals surface area (Å²) in [5.41, 5.74) is -0.639. The molecule has 0 aromatic rings. The molecule has 3 fully saturated rings. The van der Waals surface area contributed by atoms with Crippen molar-refractivity contribution in [1.82, 2.24) is 4.67 Å². The van der Waals surface area contributed by atoms with Crippen LogP contribution in [0.25, 0.3) is 0 Å². The molecule has 0 amide bonds. The van der Waals surface area contributed by atoms with E-state index >= 15 is 0 Å². The second kappa shape index (κ2) is 10.1. The van der Waals surface area contributed by atoms with Crippen LogP contribution in [0.5, 0.6) is 0 Å². The van der Waals surface area contributed by atoms with Crippen LogP contribution in [0.15, 0.2) is 0 Å². The predicted molar refractivity (Wildman–Crippen MR) is 125 cm³/mol. The number of rotatable bonds is 7. The molecule has 2 heterocycles. The Morgan fingerprint density at radius 1 is 1.00 bits per heavy atom. The van der Waals surface area contributed by atoms with Crippen LogP contribution in [0.4, 0.5) is 0 Å². The van der Waals surface area contributed by atoms with E-state index in [1.54, 1.807) is 6.66 Å². The third-order valence-corrected chi connectivity index (χ3v) is 9.34. The Labute approximate surface area is 211 Å². The number of hydrogen-bond acceptors (Lipinski definition) is 6. The molecule has 2 aliphatic heterocycles. The van der Waals surface area contributed by atoms with Gasteiger partial charge in [-0.25, -0.2) is 4.67 Å². The van der Waals surface area contributed by atoms with Crippen molar-refractivity contribution >= 4 is 7.52 Å². The van der Waals surface area contributed by atoms with E-state index in [1.165, 1.54) is 0 Å². The largest absolute Gasteiger partial charge is 1.00 e. The third-order valence-electron chi connectivity index (χ3n) is 7.29. The minimum atomic E-state index is -2.96. The molecular weight excluding hydrogens is 511 g/mol. The smallest absolute Gasteiger partial charge is 0.269 e. The van der Waals surface area contributed by atoms with Crippen molar-refractivity contribution < 1.29 is 49.5 Å². The maximum atomic E-state index is 13.5. The maximum absolute atomic E-state index is 13.5. The van der Waals surface area contributed by atoms with E-state index in [0.717, 1.165) is 30.3 Å². The van der Waals surface area contributed by atoms with Gasteiger partial charge in [0, 0.05) is 17.5 Å². The van der Waals surface area contributed by atoms with Crippen molar-refractivity contribution in [2.24, 2.45) is 10.8 Å². The number of quaternary nitrogens is 1. The van der Waals surface area contributed by atoms with Crippen molar-refractivity contribution in [2.75, 3.05) is 74.4 Å². The molecule has 0 aromatic carbocycles. The molecule has 1 aliphatic carbocycles. The average Bonchev–Trinajstić information content (AvgIpc) is 2.67. The molecule has 33 heavy (non-hydrogen) atoms. The summed E-state index contributed by atoms with van der Waals surface area (Å²) in [6.07, 6.45) is 2.73. The lowest BCUT2D eigenvalue weighted by atomic mass is 9.59. The van der Waals surface area contributed by atoms with Crippen molar-refractivity contribution in [3.63, 3.8) is 0 Å². The summed E-state index contributed by atoms with van der Waals surface area (Å²) < 4.78 is 47.4. The highest BCUT2D eigenvalue weighted by molar-refractivity contribution is 7.55. The zero-order chi connectivity index (χ0) is 24.1. The molecule has 0 bridgehead atoms. The molecule has 196 valence electrons. The van der Waals surface area contributed by atoms with Crippen LogP contribution in [-0.2, 0) is 28.0 Å². The normalized spacial score (nSPS) is 32.6. The van der Waals surface area contributed by atoms with E-state index < -0.39 is 19.1 Å². The van der Waals surface area contributed by atoms with E-state index in [2.05, 4.69) is 21.1 Å². The molecule has 3 rings (SSSR count). The number of halogens is 1. The first-order valence-electron chi connectivity index (χ1n) is 11.8. The van der Waals surface area contributed by atoms with Gasteiger partial charge in [0.05, 0.1) is 66.8 Å². The van der Waals surface area contributed by atoms with Crippen molar-refractivity contribution in [3.05, 3.63) is 0 Å². The summed E-state index contributed by atoms with van der Waals surface area (Å²) in [5.74, 6) is -1.28. The van der Waals surface area contributed by atoms with Crippen LogP contribution in [0.2, 0.25) is 0 Å². The Morgan fingerprint density at radius 2 is 1.58 bits per heavy atom. The zero-order valence-corrected chi connectivity index (χ0v) is 24.6. The molecule has 0 N–H and O–H groups in total. The number of fused-ring (bicyclic) bond motifs is 2. The Morgan fingerprint density at radius 3 is 2.15 bits per heavy atom. The number of nitrogens with zero attached hydrogens (tertiary/aromatic N) is 2. The van der Waals surface area contributed by atoms with Crippen LogP contribution in [0.3, 0.4) is 0 Å². The summed E-state index contributed by atoms with van der Waals surface area (Å²) in [5, 5.41) is 0. The highest BCUT2D eigenvalue weighted by atomic mass is 79.9. The Bertz CT molecular complexity index is 718. The van der Waals surface area contributed by atoms with E-state index in [1.807, 2.05) is 39.4 Å². The monoisotopic (exact) mass is 556 g/mol. The van der Waals surface area contributed by atoms with Crippen LogP contribution >= 0.6 is 7.52 Å². The summed E-state index contributed by atoms with van der Waals surface area (Å²) in [7, 11) is 5.32. The fraction of sp³-hybridized carbons (Fsp3) is 1.00. The summed E-state index contributed by atoms with van der Waals surface area (Å²) in [6, 6.07) is 0. The van der Waals surface area contributed by atoms with Crippen LogP contribution in [0.1, 0.15) is 47.0 Å². The van der Waals surface area contributed by atoms with E-state index in [-0.39, 0.29) is 33.9 Å². The van der Waals surface area contributed by atoms with Crippen LogP contribution in [-0.4, -0.2) is 101 Å². The molecule has 10 heteroatoms. The van der Waals surface area contributed by atoms with Gasteiger partial charge in [-0.1, -0.05) is 6.42 Å². The zero-order valence-electron chi connectivity index (χ0n) is 22.1. The third kappa shape index (κ3) is 7.01. The lowest BCUT2D eigenvalue weighted by Gasteiger charge is -2.60. The molecule has 0 radical (unpaired) electrons. The molecule has 3 atom stereocenters. The van der Waals surface area contributed by atoms with Gasteiger partial charge in [-0.3, -0.25) is 4.57 Å². The van der Waals surface area contributed by atoms with Gasteiger partial charge in [0.2, 0.25) is 0 Å². The second-order valence-corrected chi connectivity index (χ2v) is 14.8. The number of ether oxygens (including phenoxy) is 4.